The minimum absolute atomic E-state index is 0.237. The number of hydrogen-bond donors (Lipinski definition) is 1. The monoisotopic (exact) mass is 295 g/mol. The number of nitrogens with two attached hydrogens (primary N) is 1. The SMILES string of the molecule is CCOC(=O)N1CCN(c2c(F)cccc2[C@@H](C)N)CC1. The van der Waals surface area contributed by atoms with Crippen molar-refractivity contribution in [3.05, 3.63) is 29.6 Å². The Balaban J connectivity index is 2.11. The van der Waals surface area contributed by atoms with Gasteiger partial charge in [0.1, 0.15) is 5.82 Å². The van der Waals surface area contributed by atoms with E-state index >= 15 is 0 Å². The average molecular weight is 295 g/mol. The predicted molar refractivity (Wildman–Crippen MR) is 79.8 cm³/mol. The quantitative estimate of drug-likeness (QED) is 0.928. The Hall–Kier alpha value is -1.82. The summed E-state index contributed by atoms with van der Waals surface area (Å²) in [6.07, 6.45) is -0.307. The summed E-state index contributed by atoms with van der Waals surface area (Å²) < 4.78 is 19.2. The summed E-state index contributed by atoms with van der Waals surface area (Å²) in [6.45, 7) is 6.16. The van der Waals surface area contributed by atoms with E-state index in [0.717, 1.165) is 5.56 Å². The number of piperazine rings is 1. The number of carbonyl (C=O) groups is 1. The van der Waals surface area contributed by atoms with Crippen LogP contribution in [0.5, 0.6) is 0 Å². The molecule has 0 radical (unpaired) electrons. The molecule has 6 heteroatoms. The van der Waals surface area contributed by atoms with Crippen molar-refractivity contribution in [2.24, 2.45) is 5.73 Å². The number of ether oxygens (including phenoxy) is 1. The van der Waals surface area contributed by atoms with Gasteiger partial charge in [0.2, 0.25) is 0 Å². The van der Waals surface area contributed by atoms with Gasteiger partial charge in [0.15, 0.2) is 0 Å². The highest BCUT2D eigenvalue weighted by molar-refractivity contribution is 5.68. The molecular formula is C15H22FN3O2. The van der Waals surface area contributed by atoms with E-state index in [1.165, 1.54) is 6.07 Å². The Morgan fingerprint density at radius 3 is 2.62 bits per heavy atom. The zero-order valence-corrected chi connectivity index (χ0v) is 12.5. The molecule has 1 saturated heterocycles. The molecule has 2 N–H and O–H groups in total. The zero-order valence-electron chi connectivity index (χ0n) is 12.5. The molecule has 0 spiro atoms. The zero-order chi connectivity index (χ0) is 15.4. The molecule has 0 aromatic heterocycles. The summed E-state index contributed by atoms with van der Waals surface area (Å²) in [5.74, 6) is -0.269. The van der Waals surface area contributed by atoms with Crippen LogP contribution in [0.4, 0.5) is 14.9 Å². The van der Waals surface area contributed by atoms with Crippen molar-refractivity contribution in [3.63, 3.8) is 0 Å². The van der Waals surface area contributed by atoms with Gasteiger partial charge in [-0.1, -0.05) is 12.1 Å². The molecule has 1 aliphatic rings. The van der Waals surface area contributed by atoms with Crippen LogP contribution in [0.15, 0.2) is 18.2 Å². The lowest BCUT2D eigenvalue weighted by molar-refractivity contribution is 0.105. The van der Waals surface area contributed by atoms with Crippen LogP contribution in [0.25, 0.3) is 0 Å². The fraction of sp³-hybridized carbons (Fsp3) is 0.533. The molecule has 0 bridgehead atoms. The van der Waals surface area contributed by atoms with E-state index in [1.807, 2.05) is 17.9 Å². The third kappa shape index (κ3) is 3.44. The Morgan fingerprint density at radius 2 is 2.05 bits per heavy atom. The van der Waals surface area contributed by atoms with Gasteiger partial charge in [-0.05, 0) is 25.5 Å². The van der Waals surface area contributed by atoms with Crippen molar-refractivity contribution in [1.29, 1.82) is 0 Å². The van der Waals surface area contributed by atoms with E-state index in [0.29, 0.717) is 38.5 Å². The number of amides is 1. The third-order valence-electron chi connectivity index (χ3n) is 3.63. The van der Waals surface area contributed by atoms with Crippen molar-refractivity contribution in [1.82, 2.24) is 4.90 Å². The van der Waals surface area contributed by atoms with Gasteiger partial charge in [-0.25, -0.2) is 9.18 Å². The first-order valence-electron chi connectivity index (χ1n) is 7.25. The molecule has 0 aliphatic carbocycles. The maximum atomic E-state index is 14.2. The number of nitrogens with zero attached hydrogens (tertiary/aromatic N) is 2. The Kier molecular flexibility index (Phi) is 5.01. The van der Waals surface area contributed by atoms with Gasteiger partial charge in [0.25, 0.3) is 0 Å². The first-order valence-corrected chi connectivity index (χ1v) is 7.25. The van der Waals surface area contributed by atoms with Gasteiger partial charge in [-0.2, -0.15) is 0 Å². The topological polar surface area (TPSA) is 58.8 Å². The van der Waals surface area contributed by atoms with Gasteiger partial charge >= 0.3 is 6.09 Å². The number of para-hydroxylation sites is 1. The van der Waals surface area contributed by atoms with E-state index in [2.05, 4.69) is 0 Å². The largest absolute Gasteiger partial charge is 0.450 e. The van der Waals surface area contributed by atoms with Crippen LogP contribution in [0.1, 0.15) is 25.5 Å². The fourth-order valence-corrected chi connectivity index (χ4v) is 2.56. The van der Waals surface area contributed by atoms with Crippen LogP contribution in [-0.2, 0) is 4.74 Å². The maximum Gasteiger partial charge on any atom is 0.409 e. The number of rotatable bonds is 3. The highest BCUT2D eigenvalue weighted by Gasteiger charge is 2.25. The summed E-state index contributed by atoms with van der Waals surface area (Å²) in [6, 6.07) is 4.73. The number of carbonyl (C=O) groups excluding carboxylic acids is 1. The number of halogens is 1. The second-order valence-electron chi connectivity index (χ2n) is 5.14. The van der Waals surface area contributed by atoms with Crippen LogP contribution >= 0.6 is 0 Å². The standard InChI is InChI=1S/C15H22FN3O2/c1-3-21-15(20)19-9-7-18(8-10-19)14-12(11(2)17)5-4-6-13(14)16/h4-6,11H,3,7-10,17H2,1-2H3/t11-/m1/s1. The van der Waals surface area contributed by atoms with Crippen LogP contribution in [0.3, 0.4) is 0 Å². The molecule has 2 rings (SSSR count). The summed E-state index contributed by atoms with van der Waals surface area (Å²) in [5, 5.41) is 0. The molecule has 1 aliphatic heterocycles. The molecule has 5 nitrogen and oxygen atoms in total. The Labute approximate surface area is 124 Å². The van der Waals surface area contributed by atoms with E-state index in [-0.39, 0.29) is 18.0 Å². The molecule has 1 atom stereocenters. The van der Waals surface area contributed by atoms with Crippen LogP contribution in [-0.4, -0.2) is 43.8 Å². The maximum absolute atomic E-state index is 14.2. The van der Waals surface area contributed by atoms with Crippen molar-refractivity contribution in [3.8, 4) is 0 Å². The van der Waals surface area contributed by atoms with E-state index in [9.17, 15) is 9.18 Å². The molecule has 1 aromatic carbocycles. The van der Waals surface area contributed by atoms with E-state index in [1.54, 1.807) is 17.9 Å². The fourth-order valence-electron chi connectivity index (χ4n) is 2.56. The number of hydrogen-bond acceptors (Lipinski definition) is 4. The normalized spacial score (nSPS) is 16.8. The molecule has 1 aromatic rings. The molecule has 0 unspecified atom stereocenters. The van der Waals surface area contributed by atoms with E-state index < -0.39 is 0 Å². The molecule has 1 heterocycles. The van der Waals surface area contributed by atoms with Crippen LogP contribution < -0.4 is 10.6 Å². The van der Waals surface area contributed by atoms with Gasteiger partial charge in [-0.15, -0.1) is 0 Å². The van der Waals surface area contributed by atoms with Crippen molar-refractivity contribution in [2.75, 3.05) is 37.7 Å². The second kappa shape index (κ2) is 6.76. The highest BCUT2D eigenvalue weighted by Crippen LogP contribution is 2.29. The second-order valence-corrected chi connectivity index (χ2v) is 5.14. The number of benzene rings is 1. The summed E-state index contributed by atoms with van der Waals surface area (Å²) in [4.78, 5) is 15.3. The summed E-state index contributed by atoms with van der Waals surface area (Å²) >= 11 is 0. The molecule has 116 valence electrons. The predicted octanol–water partition coefficient (Wildman–Crippen LogP) is 2.12. The lowest BCUT2D eigenvalue weighted by Crippen LogP contribution is -2.49. The molecular weight excluding hydrogens is 273 g/mol. The highest BCUT2D eigenvalue weighted by atomic mass is 19.1. The number of anilines is 1. The van der Waals surface area contributed by atoms with Crippen molar-refractivity contribution in [2.45, 2.75) is 19.9 Å². The molecule has 1 amide bonds. The lowest BCUT2D eigenvalue weighted by atomic mass is 10.0. The van der Waals surface area contributed by atoms with Gasteiger partial charge in [0.05, 0.1) is 12.3 Å². The first-order chi connectivity index (χ1) is 10.0. The summed E-state index contributed by atoms with van der Waals surface area (Å²) in [5.41, 5.74) is 7.27. The van der Waals surface area contributed by atoms with Crippen molar-refractivity contribution < 1.29 is 13.9 Å². The van der Waals surface area contributed by atoms with Crippen LogP contribution in [0.2, 0.25) is 0 Å². The smallest absolute Gasteiger partial charge is 0.409 e. The van der Waals surface area contributed by atoms with Crippen LogP contribution in [0, 0.1) is 5.82 Å². The van der Waals surface area contributed by atoms with Crippen molar-refractivity contribution >= 4 is 11.8 Å². The van der Waals surface area contributed by atoms with Gasteiger partial charge < -0.3 is 20.3 Å². The average Bonchev–Trinajstić information content (AvgIpc) is 2.47. The minimum Gasteiger partial charge on any atom is -0.450 e. The summed E-state index contributed by atoms with van der Waals surface area (Å²) in [7, 11) is 0. The Bertz CT molecular complexity index is 500. The third-order valence-corrected chi connectivity index (χ3v) is 3.63. The lowest BCUT2D eigenvalue weighted by Gasteiger charge is -2.36. The molecule has 1 fully saturated rings. The van der Waals surface area contributed by atoms with E-state index in [4.69, 9.17) is 10.5 Å². The Morgan fingerprint density at radius 1 is 1.38 bits per heavy atom. The van der Waals surface area contributed by atoms with Gasteiger partial charge in [0, 0.05) is 32.2 Å². The van der Waals surface area contributed by atoms with Gasteiger partial charge in [-0.3, -0.25) is 0 Å². The molecule has 0 saturated carbocycles. The first kappa shape index (κ1) is 15.6. The minimum atomic E-state index is -0.307. The molecule has 21 heavy (non-hydrogen) atoms.